The zero-order valence-electron chi connectivity index (χ0n) is 9.03. The third-order valence-electron chi connectivity index (χ3n) is 3.04. The molecule has 3 nitrogen and oxygen atoms in total. The highest BCUT2D eigenvalue weighted by atomic mass is 16.3. The van der Waals surface area contributed by atoms with Crippen LogP contribution in [0.5, 0.6) is 0 Å². The molecule has 0 radical (unpaired) electrons. The Morgan fingerprint density at radius 3 is 2.73 bits per heavy atom. The first kappa shape index (κ1) is 10.2. The molecular formula is C12H15NO2. The van der Waals surface area contributed by atoms with Crippen molar-refractivity contribution in [2.24, 2.45) is 0 Å². The number of aliphatic hydroxyl groups excluding tert-OH is 1. The van der Waals surface area contributed by atoms with E-state index in [-0.39, 0.29) is 5.91 Å². The van der Waals surface area contributed by atoms with Gasteiger partial charge in [0.15, 0.2) is 0 Å². The van der Waals surface area contributed by atoms with Gasteiger partial charge < -0.3 is 10.0 Å². The predicted molar refractivity (Wildman–Crippen MR) is 58.9 cm³/mol. The predicted octanol–water partition coefficient (Wildman–Crippen LogP) is 1.40. The monoisotopic (exact) mass is 205 g/mol. The Labute approximate surface area is 89.3 Å². The minimum atomic E-state index is -0.815. The van der Waals surface area contributed by atoms with Gasteiger partial charge in [0, 0.05) is 18.7 Å². The molecule has 1 N–H and O–H groups in total. The van der Waals surface area contributed by atoms with Crippen LogP contribution >= 0.6 is 0 Å². The summed E-state index contributed by atoms with van der Waals surface area (Å²) in [6, 6.07) is 5.89. The van der Waals surface area contributed by atoms with Crippen molar-refractivity contribution in [3.05, 3.63) is 29.3 Å². The third kappa shape index (κ3) is 1.63. The van der Waals surface area contributed by atoms with Crippen LogP contribution in [0.4, 0.5) is 5.69 Å². The third-order valence-corrected chi connectivity index (χ3v) is 3.04. The van der Waals surface area contributed by atoms with Crippen molar-refractivity contribution in [3.63, 3.8) is 0 Å². The molecule has 0 spiro atoms. The fourth-order valence-corrected chi connectivity index (χ4v) is 1.93. The molecule has 0 bridgehead atoms. The normalized spacial score (nSPS) is 21.1. The van der Waals surface area contributed by atoms with Gasteiger partial charge in [-0.05, 0) is 31.0 Å². The first-order valence-corrected chi connectivity index (χ1v) is 5.17. The maximum absolute atomic E-state index is 11.6. The molecule has 1 heterocycles. The first-order valence-electron chi connectivity index (χ1n) is 5.17. The van der Waals surface area contributed by atoms with E-state index < -0.39 is 6.10 Å². The molecule has 80 valence electrons. The van der Waals surface area contributed by atoms with Crippen LogP contribution in [0.2, 0.25) is 0 Å². The number of carbonyl (C=O) groups excluding carboxylic acids is 1. The number of aryl methyl sites for hydroxylation is 1. The smallest absolute Gasteiger partial charge is 0.255 e. The average molecular weight is 205 g/mol. The quantitative estimate of drug-likeness (QED) is 0.753. The van der Waals surface area contributed by atoms with Crippen LogP contribution in [0.3, 0.4) is 0 Å². The van der Waals surface area contributed by atoms with Crippen LogP contribution in [0.25, 0.3) is 0 Å². The second kappa shape index (κ2) is 3.66. The Morgan fingerprint density at radius 1 is 1.40 bits per heavy atom. The van der Waals surface area contributed by atoms with E-state index in [1.807, 2.05) is 32.0 Å². The summed E-state index contributed by atoms with van der Waals surface area (Å²) in [5.74, 6) is -0.177. The molecule has 0 aliphatic carbocycles. The highest BCUT2D eigenvalue weighted by molar-refractivity contribution is 5.99. The standard InChI is InChI=1S/C12H15NO2/c1-8-4-3-5-10(9(8)2)13-7-6-11(14)12(13)15/h3-5,11,14H,6-7H2,1-2H3. The average Bonchev–Trinajstić information content (AvgIpc) is 2.53. The zero-order chi connectivity index (χ0) is 11.0. The summed E-state index contributed by atoms with van der Waals surface area (Å²) in [5, 5.41) is 9.40. The molecule has 15 heavy (non-hydrogen) atoms. The Kier molecular flexibility index (Phi) is 2.49. The first-order chi connectivity index (χ1) is 7.11. The Bertz CT molecular complexity index is 401. The van der Waals surface area contributed by atoms with Crippen molar-refractivity contribution < 1.29 is 9.90 Å². The van der Waals surface area contributed by atoms with E-state index in [2.05, 4.69) is 0 Å². The minimum Gasteiger partial charge on any atom is -0.383 e. The van der Waals surface area contributed by atoms with E-state index in [1.165, 1.54) is 5.56 Å². The minimum absolute atomic E-state index is 0.177. The number of amides is 1. The molecule has 1 saturated heterocycles. The van der Waals surface area contributed by atoms with Gasteiger partial charge in [0.1, 0.15) is 6.10 Å². The lowest BCUT2D eigenvalue weighted by atomic mass is 10.1. The molecule has 0 aromatic heterocycles. The molecule has 1 fully saturated rings. The second-order valence-electron chi connectivity index (χ2n) is 4.01. The molecule has 1 atom stereocenters. The summed E-state index contributed by atoms with van der Waals surface area (Å²) in [6.07, 6.45) is -0.281. The van der Waals surface area contributed by atoms with Gasteiger partial charge in [0.2, 0.25) is 0 Å². The molecule has 1 aliphatic rings. The van der Waals surface area contributed by atoms with E-state index >= 15 is 0 Å². The van der Waals surface area contributed by atoms with Crippen LogP contribution in [-0.4, -0.2) is 23.7 Å². The van der Waals surface area contributed by atoms with Crippen LogP contribution in [0, 0.1) is 13.8 Å². The maximum Gasteiger partial charge on any atom is 0.255 e. The molecule has 2 rings (SSSR count). The number of nitrogens with zero attached hydrogens (tertiary/aromatic N) is 1. The maximum atomic E-state index is 11.6. The van der Waals surface area contributed by atoms with Gasteiger partial charge in [-0.15, -0.1) is 0 Å². The summed E-state index contributed by atoms with van der Waals surface area (Å²) in [4.78, 5) is 13.3. The summed E-state index contributed by atoms with van der Waals surface area (Å²) in [7, 11) is 0. The van der Waals surface area contributed by atoms with E-state index in [4.69, 9.17) is 0 Å². The van der Waals surface area contributed by atoms with E-state index in [0.29, 0.717) is 13.0 Å². The van der Waals surface area contributed by atoms with Crippen molar-refractivity contribution in [3.8, 4) is 0 Å². The second-order valence-corrected chi connectivity index (χ2v) is 4.01. The van der Waals surface area contributed by atoms with Crippen LogP contribution < -0.4 is 4.90 Å². The lowest BCUT2D eigenvalue weighted by molar-refractivity contribution is -0.124. The summed E-state index contributed by atoms with van der Waals surface area (Å²) in [5.41, 5.74) is 3.21. The number of hydrogen-bond acceptors (Lipinski definition) is 2. The van der Waals surface area contributed by atoms with Gasteiger partial charge in [-0.25, -0.2) is 0 Å². The van der Waals surface area contributed by atoms with E-state index in [0.717, 1.165) is 11.3 Å². The van der Waals surface area contributed by atoms with E-state index in [9.17, 15) is 9.90 Å². The summed E-state index contributed by atoms with van der Waals surface area (Å²) >= 11 is 0. The van der Waals surface area contributed by atoms with Gasteiger partial charge in [0.05, 0.1) is 0 Å². The zero-order valence-corrected chi connectivity index (χ0v) is 9.03. The molecule has 1 aromatic rings. The van der Waals surface area contributed by atoms with Gasteiger partial charge in [-0.2, -0.15) is 0 Å². The Morgan fingerprint density at radius 2 is 2.13 bits per heavy atom. The molecule has 1 aliphatic heterocycles. The van der Waals surface area contributed by atoms with Gasteiger partial charge in [-0.3, -0.25) is 4.79 Å². The molecule has 0 saturated carbocycles. The van der Waals surface area contributed by atoms with Gasteiger partial charge in [0.25, 0.3) is 5.91 Å². The molecule has 3 heteroatoms. The highest BCUT2D eigenvalue weighted by Crippen LogP contribution is 2.26. The molecular weight excluding hydrogens is 190 g/mol. The van der Waals surface area contributed by atoms with Crippen molar-refractivity contribution in [1.29, 1.82) is 0 Å². The lowest BCUT2D eigenvalue weighted by Gasteiger charge is -2.19. The molecule has 1 aromatic carbocycles. The Balaban J connectivity index is 2.38. The summed E-state index contributed by atoms with van der Waals surface area (Å²) < 4.78 is 0. The number of benzene rings is 1. The number of anilines is 1. The van der Waals surface area contributed by atoms with Crippen molar-refractivity contribution in [1.82, 2.24) is 0 Å². The number of aliphatic hydroxyl groups is 1. The molecule has 1 unspecified atom stereocenters. The Hall–Kier alpha value is -1.35. The lowest BCUT2D eigenvalue weighted by Crippen LogP contribution is -2.29. The van der Waals surface area contributed by atoms with Crippen LogP contribution in [0.1, 0.15) is 17.5 Å². The van der Waals surface area contributed by atoms with Crippen molar-refractivity contribution in [2.75, 3.05) is 11.4 Å². The highest BCUT2D eigenvalue weighted by Gasteiger charge is 2.31. The van der Waals surface area contributed by atoms with Crippen LogP contribution in [0.15, 0.2) is 18.2 Å². The van der Waals surface area contributed by atoms with Gasteiger partial charge in [-0.1, -0.05) is 12.1 Å². The number of hydrogen-bond donors (Lipinski definition) is 1. The number of carbonyl (C=O) groups is 1. The van der Waals surface area contributed by atoms with Crippen LogP contribution in [-0.2, 0) is 4.79 Å². The largest absolute Gasteiger partial charge is 0.383 e. The van der Waals surface area contributed by atoms with Crippen molar-refractivity contribution in [2.45, 2.75) is 26.4 Å². The molecule has 1 amide bonds. The number of rotatable bonds is 1. The van der Waals surface area contributed by atoms with E-state index in [1.54, 1.807) is 4.90 Å². The fraction of sp³-hybridized carbons (Fsp3) is 0.417. The SMILES string of the molecule is Cc1cccc(N2CCC(O)C2=O)c1C. The topological polar surface area (TPSA) is 40.5 Å². The van der Waals surface area contributed by atoms with Gasteiger partial charge >= 0.3 is 0 Å². The fourth-order valence-electron chi connectivity index (χ4n) is 1.93. The summed E-state index contributed by atoms with van der Waals surface area (Å²) in [6.45, 7) is 4.64. The van der Waals surface area contributed by atoms with Crippen molar-refractivity contribution >= 4 is 11.6 Å².